The Labute approximate surface area is 123 Å². The van der Waals surface area contributed by atoms with Crippen LogP contribution in [0.4, 0.5) is 0 Å². The van der Waals surface area contributed by atoms with E-state index in [1.807, 2.05) is 31.2 Å². The summed E-state index contributed by atoms with van der Waals surface area (Å²) in [7, 11) is 0. The first kappa shape index (κ1) is 13.7. The van der Waals surface area contributed by atoms with Crippen LogP contribution in [0.15, 0.2) is 24.3 Å². The van der Waals surface area contributed by atoms with Gasteiger partial charge >= 0.3 is 5.97 Å². The number of carbonyl (C=O) groups is 1. The molecular formula is C16H18N2O3. The lowest BCUT2D eigenvalue weighted by Crippen LogP contribution is -2.17. The number of hydrogen-bond acceptors (Lipinski definition) is 3. The number of hydrogen-bond donors (Lipinski definition) is 2. The van der Waals surface area contributed by atoms with Crippen LogP contribution < -0.4 is 4.74 Å². The third-order valence-corrected chi connectivity index (χ3v) is 3.80. The Morgan fingerprint density at radius 2 is 2.19 bits per heavy atom. The molecule has 0 aliphatic heterocycles. The van der Waals surface area contributed by atoms with E-state index in [0.717, 1.165) is 35.7 Å². The maximum Gasteiger partial charge on any atom is 0.312 e. The van der Waals surface area contributed by atoms with E-state index in [1.54, 1.807) is 0 Å². The van der Waals surface area contributed by atoms with Crippen molar-refractivity contribution in [3.63, 3.8) is 0 Å². The van der Waals surface area contributed by atoms with Crippen LogP contribution in [-0.2, 0) is 11.2 Å². The van der Waals surface area contributed by atoms with Crippen molar-refractivity contribution in [2.24, 2.45) is 0 Å². The molecule has 0 amide bonds. The Balaban J connectivity index is 1.91. The van der Waals surface area contributed by atoms with E-state index in [2.05, 4.69) is 9.97 Å². The lowest BCUT2D eigenvalue weighted by Gasteiger charge is -2.16. The van der Waals surface area contributed by atoms with Crippen molar-refractivity contribution in [2.75, 3.05) is 6.61 Å². The van der Waals surface area contributed by atoms with Crippen molar-refractivity contribution in [3.8, 4) is 17.1 Å². The summed E-state index contributed by atoms with van der Waals surface area (Å²) >= 11 is 0. The van der Waals surface area contributed by atoms with Gasteiger partial charge in [-0.1, -0.05) is 0 Å². The quantitative estimate of drug-likeness (QED) is 0.906. The van der Waals surface area contributed by atoms with Crippen LogP contribution in [0.25, 0.3) is 11.4 Å². The van der Waals surface area contributed by atoms with Gasteiger partial charge in [0.15, 0.2) is 0 Å². The van der Waals surface area contributed by atoms with Gasteiger partial charge < -0.3 is 14.8 Å². The summed E-state index contributed by atoms with van der Waals surface area (Å²) < 4.78 is 5.42. The molecule has 0 radical (unpaired) electrons. The van der Waals surface area contributed by atoms with Crippen LogP contribution in [0.3, 0.4) is 0 Å². The van der Waals surface area contributed by atoms with E-state index in [1.165, 1.54) is 0 Å². The van der Waals surface area contributed by atoms with Crippen LogP contribution in [0.5, 0.6) is 5.75 Å². The minimum Gasteiger partial charge on any atom is -0.494 e. The molecule has 1 aliphatic carbocycles. The average molecular weight is 286 g/mol. The van der Waals surface area contributed by atoms with Crippen LogP contribution in [0.1, 0.15) is 37.1 Å². The Bertz CT molecular complexity index is 646. The molecule has 1 unspecified atom stereocenters. The molecule has 3 rings (SSSR count). The molecule has 2 N–H and O–H groups in total. The van der Waals surface area contributed by atoms with Crippen molar-refractivity contribution in [1.29, 1.82) is 0 Å². The van der Waals surface area contributed by atoms with Gasteiger partial charge in [0.1, 0.15) is 17.5 Å². The number of nitrogens with one attached hydrogen (secondary N) is 1. The number of aromatic amines is 1. The number of benzene rings is 1. The molecule has 110 valence electrons. The number of rotatable bonds is 4. The van der Waals surface area contributed by atoms with Crippen molar-refractivity contribution in [2.45, 2.75) is 32.1 Å². The van der Waals surface area contributed by atoms with Gasteiger partial charge in [-0.2, -0.15) is 0 Å². The number of carboxylic acids is 1. The first-order chi connectivity index (χ1) is 10.2. The number of fused-ring (bicyclic) bond motifs is 1. The number of carboxylic acid groups (broad SMARTS) is 1. The number of ether oxygens (including phenoxy) is 1. The van der Waals surface area contributed by atoms with Crippen molar-refractivity contribution in [3.05, 3.63) is 35.7 Å². The fourth-order valence-electron chi connectivity index (χ4n) is 2.77. The number of imidazole rings is 1. The lowest BCUT2D eigenvalue weighted by molar-refractivity contribution is -0.139. The molecule has 1 heterocycles. The zero-order chi connectivity index (χ0) is 14.8. The second kappa shape index (κ2) is 5.60. The number of aliphatic carboxylic acids is 1. The zero-order valence-corrected chi connectivity index (χ0v) is 11.9. The molecule has 21 heavy (non-hydrogen) atoms. The first-order valence-corrected chi connectivity index (χ1v) is 7.24. The molecule has 0 bridgehead atoms. The molecule has 0 saturated carbocycles. The molecule has 0 fully saturated rings. The maximum atomic E-state index is 11.3. The molecule has 1 aromatic heterocycles. The number of aryl methyl sites for hydroxylation is 1. The molecule has 1 aromatic carbocycles. The third kappa shape index (κ3) is 2.63. The first-order valence-electron chi connectivity index (χ1n) is 7.24. The Morgan fingerprint density at radius 1 is 1.43 bits per heavy atom. The van der Waals surface area contributed by atoms with E-state index < -0.39 is 11.9 Å². The van der Waals surface area contributed by atoms with Gasteiger partial charge in [0, 0.05) is 11.3 Å². The molecule has 5 heteroatoms. The van der Waals surface area contributed by atoms with Gasteiger partial charge in [0.2, 0.25) is 0 Å². The topological polar surface area (TPSA) is 75.2 Å². The lowest BCUT2D eigenvalue weighted by atomic mass is 9.90. The third-order valence-electron chi connectivity index (χ3n) is 3.80. The molecule has 5 nitrogen and oxygen atoms in total. The summed E-state index contributed by atoms with van der Waals surface area (Å²) in [5.74, 6) is 0.277. The highest BCUT2D eigenvalue weighted by molar-refractivity contribution is 5.76. The normalized spacial score (nSPS) is 17.3. The smallest absolute Gasteiger partial charge is 0.312 e. The van der Waals surface area contributed by atoms with E-state index in [9.17, 15) is 9.90 Å². The fraction of sp³-hybridized carbons (Fsp3) is 0.375. The van der Waals surface area contributed by atoms with Crippen molar-refractivity contribution < 1.29 is 14.6 Å². The van der Waals surface area contributed by atoms with E-state index in [4.69, 9.17) is 4.74 Å². The number of nitrogens with zero attached hydrogens (tertiary/aromatic N) is 1. The van der Waals surface area contributed by atoms with Crippen LogP contribution in [0.2, 0.25) is 0 Å². The number of H-pyrrole nitrogens is 1. The van der Waals surface area contributed by atoms with Gasteiger partial charge in [0.05, 0.1) is 12.3 Å². The Kier molecular flexibility index (Phi) is 3.64. The summed E-state index contributed by atoms with van der Waals surface area (Å²) in [4.78, 5) is 19.1. The average Bonchev–Trinajstić information content (AvgIpc) is 2.92. The molecule has 0 saturated heterocycles. The second-order valence-corrected chi connectivity index (χ2v) is 5.19. The summed E-state index contributed by atoms with van der Waals surface area (Å²) in [5, 5.41) is 9.29. The minimum atomic E-state index is -0.791. The van der Waals surface area contributed by atoms with Crippen LogP contribution in [0, 0.1) is 0 Å². The molecular weight excluding hydrogens is 268 g/mol. The van der Waals surface area contributed by atoms with Gasteiger partial charge in [-0.05, 0) is 50.5 Å². The Hall–Kier alpha value is -2.30. The predicted octanol–water partition coefficient (Wildman–Crippen LogP) is 2.98. The van der Waals surface area contributed by atoms with Gasteiger partial charge in [-0.25, -0.2) is 4.98 Å². The predicted molar refractivity (Wildman–Crippen MR) is 78.5 cm³/mol. The Morgan fingerprint density at radius 3 is 2.86 bits per heavy atom. The standard InChI is InChI=1S/C16H18N2O3/c1-2-21-11-8-6-10(7-9-11)15-17-13-5-3-4-12(16(19)20)14(13)18-15/h6-9,12H,2-5H2,1H3,(H,17,18)(H,19,20). The summed E-state index contributed by atoms with van der Waals surface area (Å²) in [6.45, 7) is 2.58. The summed E-state index contributed by atoms with van der Waals surface area (Å²) in [5.41, 5.74) is 2.59. The highest BCUT2D eigenvalue weighted by Crippen LogP contribution is 2.32. The van der Waals surface area contributed by atoms with Gasteiger partial charge in [0.25, 0.3) is 0 Å². The summed E-state index contributed by atoms with van der Waals surface area (Å²) in [6, 6.07) is 7.67. The second-order valence-electron chi connectivity index (χ2n) is 5.19. The van der Waals surface area contributed by atoms with Crippen LogP contribution >= 0.6 is 0 Å². The maximum absolute atomic E-state index is 11.3. The van der Waals surface area contributed by atoms with Crippen LogP contribution in [-0.4, -0.2) is 27.7 Å². The van der Waals surface area contributed by atoms with Crippen molar-refractivity contribution in [1.82, 2.24) is 9.97 Å². The highest BCUT2D eigenvalue weighted by Gasteiger charge is 2.29. The van der Waals surface area contributed by atoms with Gasteiger partial charge in [-0.3, -0.25) is 4.79 Å². The van der Waals surface area contributed by atoms with Gasteiger partial charge in [-0.15, -0.1) is 0 Å². The fourth-order valence-corrected chi connectivity index (χ4v) is 2.77. The highest BCUT2D eigenvalue weighted by atomic mass is 16.5. The minimum absolute atomic E-state index is 0.485. The largest absolute Gasteiger partial charge is 0.494 e. The SMILES string of the molecule is CCOc1ccc(-c2nc3c([nH]2)CCCC3C(=O)O)cc1. The van der Waals surface area contributed by atoms with E-state index in [-0.39, 0.29) is 0 Å². The van der Waals surface area contributed by atoms with Crippen molar-refractivity contribution >= 4 is 5.97 Å². The zero-order valence-electron chi connectivity index (χ0n) is 11.9. The monoisotopic (exact) mass is 286 g/mol. The van der Waals surface area contributed by atoms with E-state index >= 15 is 0 Å². The van der Waals surface area contributed by atoms with E-state index in [0.29, 0.717) is 18.7 Å². The number of aromatic nitrogens is 2. The molecule has 0 spiro atoms. The molecule has 1 atom stereocenters. The molecule has 1 aliphatic rings. The summed E-state index contributed by atoms with van der Waals surface area (Å²) in [6.07, 6.45) is 2.41. The molecule has 2 aromatic rings.